The molecule has 2 N–H and O–H groups in total. The zero-order valence-electron chi connectivity index (χ0n) is 21.8. The average Bonchev–Trinajstić information content (AvgIpc) is 3.41. The van der Waals surface area contributed by atoms with E-state index < -0.39 is 0 Å². The summed E-state index contributed by atoms with van der Waals surface area (Å²) >= 11 is 1.82. The summed E-state index contributed by atoms with van der Waals surface area (Å²) < 4.78 is 0. The van der Waals surface area contributed by atoms with Crippen LogP contribution < -0.4 is 10.2 Å². The molecule has 1 atom stereocenters. The van der Waals surface area contributed by atoms with Crippen molar-refractivity contribution < 1.29 is 9.59 Å². The molecule has 7 nitrogen and oxygen atoms in total. The standard InChI is InChI=1S/C30H33N5O2S/c1-21-5-3-4-6-28(21)34-14-15-35(25(19-34)13-16-38-2)29(36)17-22-7-10-24(11-8-22)33-30(37)23-9-12-26-27(18-23)32-20-31-26/h3-12,18,20,25H,13-17,19H2,1-2H3,(H,31,32)(H,33,37). The third-order valence-corrected chi connectivity index (χ3v) is 7.81. The van der Waals surface area contributed by atoms with Gasteiger partial charge < -0.3 is 20.1 Å². The molecule has 38 heavy (non-hydrogen) atoms. The Bertz CT molecular complexity index is 1420. The van der Waals surface area contributed by atoms with E-state index >= 15 is 0 Å². The third-order valence-electron chi connectivity index (χ3n) is 7.16. The molecule has 1 unspecified atom stereocenters. The third kappa shape index (κ3) is 5.86. The van der Waals surface area contributed by atoms with Crippen LogP contribution in [-0.4, -0.2) is 64.4 Å². The fraction of sp³-hybridized carbons (Fsp3) is 0.300. The van der Waals surface area contributed by atoms with Gasteiger partial charge in [-0.05, 0) is 72.9 Å². The quantitative estimate of drug-likeness (QED) is 0.332. The van der Waals surface area contributed by atoms with E-state index in [2.05, 4.69) is 62.5 Å². The molecule has 0 aliphatic carbocycles. The Morgan fingerprint density at radius 1 is 1.08 bits per heavy atom. The second-order valence-corrected chi connectivity index (χ2v) is 10.7. The predicted octanol–water partition coefficient (Wildman–Crippen LogP) is 5.14. The van der Waals surface area contributed by atoms with Crippen molar-refractivity contribution in [1.29, 1.82) is 0 Å². The Hall–Kier alpha value is -3.78. The van der Waals surface area contributed by atoms with Gasteiger partial charge in [0.15, 0.2) is 0 Å². The smallest absolute Gasteiger partial charge is 0.255 e. The van der Waals surface area contributed by atoms with Crippen LogP contribution in [0.2, 0.25) is 0 Å². The number of rotatable bonds is 8. The second kappa shape index (κ2) is 11.7. The van der Waals surface area contributed by atoms with E-state index in [0.717, 1.165) is 48.4 Å². The van der Waals surface area contributed by atoms with Crippen LogP contribution in [0.1, 0.15) is 27.9 Å². The molecule has 1 aliphatic rings. The van der Waals surface area contributed by atoms with Gasteiger partial charge in [0, 0.05) is 36.6 Å². The maximum Gasteiger partial charge on any atom is 0.255 e. The highest BCUT2D eigenvalue weighted by atomic mass is 32.2. The number of para-hydroxylation sites is 1. The minimum absolute atomic E-state index is 0.158. The zero-order valence-corrected chi connectivity index (χ0v) is 22.6. The van der Waals surface area contributed by atoms with Crippen molar-refractivity contribution in [2.24, 2.45) is 0 Å². The van der Waals surface area contributed by atoms with Crippen molar-refractivity contribution in [3.63, 3.8) is 0 Å². The highest BCUT2D eigenvalue weighted by Crippen LogP contribution is 2.25. The SMILES string of the molecule is CSCCC1CN(c2ccccc2C)CCN1C(=O)Cc1ccc(NC(=O)c2ccc3nc[nH]c3c2)cc1. The summed E-state index contributed by atoms with van der Waals surface area (Å²) in [5, 5.41) is 2.94. The molecule has 0 radical (unpaired) electrons. The number of aryl methyl sites for hydroxylation is 1. The van der Waals surface area contributed by atoms with Gasteiger partial charge in [0.2, 0.25) is 5.91 Å². The Labute approximate surface area is 227 Å². The van der Waals surface area contributed by atoms with E-state index in [9.17, 15) is 9.59 Å². The lowest BCUT2D eigenvalue weighted by molar-refractivity contribution is -0.133. The van der Waals surface area contributed by atoms with Gasteiger partial charge >= 0.3 is 0 Å². The molecule has 1 saturated heterocycles. The normalized spacial score (nSPS) is 15.6. The summed E-state index contributed by atoms with van der Waals surface area (Å²) in [7, 11) is 0. The molecule has 8 heteroatoms. The number of carbonyl (C=O) groups is 2. The number of benzene rings is 3. The van der Waals surface area contributed by atoms with E-state index in [-0.39, 0.29) is 17.9 Å². The first kappa shape index (κ1) is 25.9. The van der Waals surface area contributed by atoms with Gasteiger partial charge in [0.05, 0.1) is 29.8 Å². The summed E-state index contributed by atoms with van der Waals surface area (Å²) in [5.74, 6) is 0.997. The lowest BCUT2D eigenvalue weighted by atomic mass is 10.0. The predicted molar refractivity (Wildman–Crippen MR) is 156 cm³/mol. The fourth-order valence-electron chi connectivity index (χ4n) is 5.08. The number of piperazine rings is 1. The Morgan fingerprint density at radius 3 is 2.68 bits per heavy atom. The molecule has 0 bridgehead atoms. The number of aromatic amines is 1. The number of aromatic nitrogens is 2. The largest absolute Gasteiger partial charge is 0.367 e. The van der Waals surface area contributed by atoms with E-state index in [1.54, 1.807) is 18.5 Å². The van der Waals surface area contributed by atoms with Gasteiger partial charge in [-0.15, -0.1) is 0 Å². The van der Waals surface area contributed by atoms with E-state index in [1.165, 1.54) is 11.3 Å². The number of hydrogen-bond acceptors (Lipinski definition) is 5. The summed E-state index contributed by atoms with van der Waals surface area (Å²) in [6, 6.07) is 21.6. The van der Waals surface area contributed by atoms with Gasteiger partial charge in [-0.1, -0.05) is 30.3 Å². The fourth-order valence-corrected chi connectivity index (χ4v) is 5.59. The van der Waals surface area contributed by atoms with Crippen molar-refractivity contribution in [1.82, 2.24) is 14.9 Å². The summed E-state index contributed by atoms with van der Waals surface area (Å²) in [6.07, 6.45) is 5.06. The van der Waals surface area contributed by atoms with Gasteiger partial charge in [-0.25, -0.2) is 4.98 Å². The van der Waals surface area contributed by atoms with Crippen LogP contribution in [0.25, 0.3) is 11.0 Å². The number of nitrogens with one attached hydrogen (secondary N) is 2. The van der Waals surface area contributed by atoms with Crippen molar-refractivity contribution in [2.75, 3.05) is 41.9 Å². The number of carbonyl (C=O) groups excluding carboxylic acids is 2. The molecule has 1 aromatic heterocycles. The van der Waals surface area contributed by atoms with Crippen molar-refractivity contribution >= 4 is 46.0 Å². The number of thioether (sulfide) groups is 1. The van der Waals surface area contributed by atoms with Crippen molar-refractivity contribution in [3.8, 4) is 0 Å². The van der Waals surface area contributed by atoms with Crippen LogP contribution in [0.15, 0.2) is 73.1 Å². The van der Waals surface area contributed by atoms with Crippen LogP contribution in [0.5, 0.6) is 0 Å². The molecule has 1 fully saturated rings. The van der Waals surface area contributed by atoms with Crippen LogP contribution in [-0.2, 0) is 11.2 Å². The number of amides is 2. The number of fused-ring (bicyclic) bond motifs is 1. The molecule has 2 heterocycles. The highest BCUT2D eigenvalue weighted by Gasteiger charge is 2.30. The lowest BCUT2D eigenvalue weighted by Crippen LogP contribution is -2.56. The molecule has 2 amide bonds. The molecule has 0 saturated carbocycles. The van der Waals surface area contributed by atoms with Gasteiger partial charge in [-0.3, -0.25) is 9.59 Å². The van der Waals surface area contributed by atoms with E-state index in [0.29, 0.717) is 17.7 Å². The first-order chi connectivity index (χ1) is 18.5. The number of anilines is 2. The van der Waals surface area contributed by atoms with Gasteiger partial charge in [0.25, 0.3) is 5.91 Å². The van der Waals surface area contributed by atoms with Crippen LogP contribution in [0.3, 0.4) is 0 Å². The number of H-pyrrole nitrogens is 1. The van der Waals surface area contributed by atoms with Crippen LogP contribution in [0.4, 0.5) is 11.4 Å². The number of nitrogens with zero attached hydrogens (tertiary/aromatic N) is 3. The van der Waals surface area contributed by atoms with Gasteiger partial charge in [-0.2, -0.15) is 11.8 Å². The van der Waals surface area contributed by atoms with Crippen molar-refractivity contribution in [3.05, 3.63) is 89.7 Å². The maximum atomic E-state index is 13.4. The minimum Gasteiger partial charge on any atom is -0.367 e. The minimum atomic E-state index is -0.187. The Balaban J connectivity index is 1.21. The van der Waals surface area contributed by atoms with E-state index in [1.807, 2.05) is 42.1 Å². The van der Waals surface area contributed by atoms with Crippen molar-refractivity contribution in [2.45, 2.75) is 25.8 Å². The lowest BCUT2D eigenvalue weighted by Gasteiger charge is -2.43. The maximum absolute atomic E-state index is 13.4. The second-order valence-electron chi connectivity index (χ2n) is 9.72. The molecule has 1 aliphatic heterocycles. The summed E-state index contributed by atoms with van der Waals surface area (Å²) in [6.45, 7) is 4.56. The van der Waals surface area contributed by atoms with Gasteiger partial charge in [0.1, 0.15) is 0 Å². The first-order valence-corrected chi connectivity index (χ1v) is 14.3. The molecule has 196 valence electrons. The summed E-state index contributed by atoms with van der Waals surface area (Å²) in [4.78, 5) is 37.8. The monoisotopic (exact) mass is 527 g/mol. The number of hydrogen-bond donors (Lipinski definition) is 2. The molecule has 3 aromatic carbocycles. The van der Waals surface area contributed by atoms with Crippen LogP contribution in [0, 0.1) is 6.92 Å². The first-order valence-electron chi connectivity index (χ1n) is 12.9. The number of imidazole rings is 1. The highest BCUT2D eigenvalue weighted by molar-refractivity contribution is 7.98. The Morgan fingerprint density at radius 2 is 1.89 bits per heavy atom. The Kier molecular flexibility index (Phi) is 7.98. The average molecular weight is 528 g/mol. The topological polar surface area (TPSA) is 81.3 Å². The summed E-state index contributed by atoms with van der Waals surface area (Å²) in [5.41, 5.74) is 6.37. The molecule has 5 rings (SSSR count). The zero-order chi connectivity index (χ0) is 26.5. The molecular formula is C30H33N5O2S. The molecule has 0 spiro atoms. The van der Waals surface area contributed by atoms with E-state index in [4.69, 9.17) is 0 Å². The molecular weight excluding hydrogens is 494 g/mol. The van der Waals surface area contributed by atoms with Crippen LogP contribution >= 0.6 is 11.8 Å². The molecule has 4 aromatic rings.